The zero-order valence-corrected chi connectivity index (χ0v) is 11.2. The number of hydrogen-bond donors (Lipinski definition) is 3. The molecule has 20 heavy (non-hydrogen) atoms. The minimum Gasteiger partial charge on any atom is -0.353 e. The van der Waals surface area contributed by atoms with Gasteiger partial charge in [-0.05, 0) is 24.5 Å². The second-order valence-corrected chi connectivity index (χ2v) is 4.75. The number of nitrogens with one attached hydrogen (secondary N) is 3. The molecule has 4 amide bonds. The molecule has 0 aliphatic carbocycles. The number of benzene rings is 1. The summed E-state index contributed by atoms with van der Waals surface area (Å²) in [6.45, 7) is 2.12. The van der Waals surface area contributed by atoms with Gasteiger partial charge in [-0.1, -0.05) is 24.3 Å². The van der Waals surface area contributed by atoms with E-state index in [1.807, 2.05) is 31.2 Å². The fourth-order valence-electron chi connectivity index (χ4n) is 2.05. The van der Waals surface area contributed by atoms with Crippen LogP contribution in [0.25, 0.3) is 0 Å². The number of carbonyl (C=O) groups is 3. The molecule has 1 aromatic rings. The van der Waals surface area contributed by atoms with Crippen LogP contribution < -0.4 is 16.0 Å². The van der Waals surface area contributed by atoms with Gasteiger partial charge in [-0.2, -0.15) is 0 Å². The van der Waals surface area contributed by atoms with E-state index in [9.17, 15) is 14.4 Å². The zero-order valence-electron chi connectivity index (χ0n) is 11.2. The number of hydrogen-bond acceptors (Lipinski definition) is 3. The molecule has 1 aromatic carbocycles. The quantitative estimate of drug-likeness (QED) is 0.673. The minimum atomic E-state index is -0.676. The normalized spacial score (nSPS) is 17.6. The summed E-state index contributed by atoms with van der Waals surface area (Å²) in [4.78, 5) is 33.9. The van der Waals surface area contributed by atoms with Crippen LogP contribution in [-0.2, 0) is 16.0 Å². The largest absolute Gasteiger partial charge is 0.353 e. The van der Waals surface area contributed by atoms with Crippen molar-refractivity contribution in [1.29, 1.82) is 0 Å². The Morgan fingerprint density at radius 1 is 1.30 bits per heavy atom. The van der Waals surface area contributed by atoms with Crippen molar-refractivity contribution in [2.45, 2.75) is 25.8 Å². The van der Waals surface area contributed by atoms with E-state index >= 15 is 0 Å². The molecule has 1 fully saturated rings. The van der Waals surface area contributed by atoms with Gasteiger partial charge in [-0.25, -0.2) is 4.79 Å². The Balaban J connectivity index is 1.75. The number of rotatable bonds is 5. The van der Waals surface area contributed by atoms with Crippen LogP contribution >= 0.6 is 0 Å². The first-order chi connectivity index (χ1) is 9.56. The van der Waals surface area contributed by atoms with Crippen molar-refractivity contribution < 1.29 is 14.4 Å². The Morgan fingerprint density at radius 3 is 2.70 bits per heavy atom. The number of carbonyl (C=O) groups excluding carboxylic acids is 3. The van der Waals surface area contributed by atoms with Gasteiger partial charge in [0, 0.05) is 13.0 Å². The van der Waals surface area contributed by atoms with Crippen LogP contribution in [0.2, 0.25) is 0 Å². The molecule has 1 unspecified atom stereocenters. The molecule has 0 saturated carbocycles. The van der Waals surface area contributed by atoms with Crippen molar-refractivity contribution in [2.24, 2.45) is 0 Å². The van der Waals surface area contributed by atoms with Crippen LogP contribution in [-0.4, -0.2) is 30.4 Å². The van der Waals surface area contributed by atoms with E-state index < -0.39 is 18.0 Å². The standard InChI is InChI=1S/C14H17N3O3/c1-9-4-2-3-5-10(9)6-7-12(18)15-8-11-13(19)17-14(20)16-11/h2-5,11H,6-8H2,1H3,(H,15,18)(H2,16,17,19,20). The van der Waals surface area contributed by atoms with Gasteiger partial charge in [0.05, 0.1) is 0 Å². The molecular formula is C14H17N3O3. The van der Waals surface area contributed by atoms with Crippen molar-refractivity contribution in [2.75, 3.05) is 6.54 Å². The highest BCUT2D eigenvalue weighted by molar-refractivity contribution is 6.04. The van der Waals surface area contributed by atoms with Crippen LogP contribution in [0.1, 0.15) is 17.5 Å². The highest BCUT2D eigenvalue weighted by Gasteiger charge is 2.29. The molecule has 0 bridgehead atoms. The lowest BCUT2D eigenvalue weighted by Crippen LogP contribution is -2.41. The van der Waals surface area contributed by atoms with Crippen molar-refractivity contribution >= 4 is 17.8 Å². The molecule has 0 spiro atoms. The predicted octanol–water partition coefficient (Wildman–Crippen LogP) is 0.252. The molecule has 6 heteroatoms. The Morgan fingerprint density at radius 2 is 2.05 bits per heavy atom. The van der Waals surface area contributed by atoms with Gasteiger partial charge in [0.15, 0.2) is 0 Å². The minimum absolute atomic E-state index is 0.115. The maximum atomic E-state index is 11.7. The average molecular weight is 275 g/mol. The van der Waals surface area contributed by atoms with E-state index in [4.69, 9.17) is 0 Å². The molecule has 1 heterocycles. The highest BCUT2D eigenvalue weighted by atomic mass is 16.2. The molecule has 1 atom stereocenters. The van der Waals surface area contributed by atoms with Gasteiger partial charge in [0.25, 0.3) is 5.91 Å². The first-order valence-electron chi connectivity index (χ1n) is 6.49. The maximum absolute atomic E-state index is 11.7. The number of urea groups is 1. The van der Waals surface area contributed by atoms with Crippen molar-refractivity contribution in [3.63, 3.8) is 0 Å². The van der Waals surface area contributed by atoms with Crippen molar-refractivity contribution in [3.05, 3.63) is 35.4 Å². The molecule has 1 aliphatic heterocycles. The zero-order chi connectivity index (χ0) is 14.5. The smallest absolute Gasteiger partial charge is 0.322 e. The summed E-state index contributed by atoms with van der Waals surface area (Å²) in [7, 11) is 0. The summed E-state index contributed by atoms with van der Waals surface area (Å²) < 4.78 is 0. The van der Waals surface area contributed by atoms with E-state index in [0.29, 0.717) is 12.8 Å². The number of imide groups is 1. The summed E-state index contributed by atoms with van der Waals surface area (Å²) >= 11 is 0. The monoisotopic (exact) mass is 275 g/mol. The molecular weight excluding hydrogens is 258 g/mol. The predicted molar refractivity (Wildman–Crippen MR) is 73.0 cm³/mol. The van der Waals surface area contributed by atoms with Gasteiger partial charge in [0.1, 0.15) is 6.04 Å². The van der Waals surface area contributed by atoms with E-state index in [1.54, 1.807) is 0 Å². The Hall–Kier alpha value is -2.37. The van der Waals surface area contributed by atoms with E-state index in [1.165, 1.54) is 0 Å². The second kappa shape index (κ2) is 6.18. The molecule has 3 N–H and O–H groups in total. The van der Waals surface area contributed by atoms with Gasteiger partial charge < -0.3 is 10.6 Å². The molecule has 2 rings (SSSR count). The lowest BCUT2D eigenvalue weighted by atomic mass is 10.0. The Labute approximate surface area is 116 Å². The van der Waals surface area contributed by atoms with Gasteiger partial charge in [-0.15, -0.1) is 0 Å². The van der Waals surface area contributed by atoms with Crippen molar-refractivity contribution in [1.82, 2.24) is 16.0 Å². The number of amides is 4. The lowest BCUT2D eigenvalue weighted by Gasteiger charge is -2.09. The average Bonchev–Trinajstić information content (AvgIpc) is 2.74. The SMILES string of the molecule is Cc1ccccc1CCC(=O)NCC1NC(=O)NC1=O. The first kappa shape index (κ1) is 14.0. The summed E-state index contributed by atoms with van der Waals surface area (Å²) in [6, 6.07) is 6.71. The molecule has 1 saturated heterocycles. The van der Waals surface area contributed by atoms with Crippen LogP contribution in [0.3, 0.4) is 0 Å². The third-order valence-electron chi connectivity index (χ3n) is 3.24. The molecule has 1 aliphatic rings. The van der Waals surface area contributed by atoms with E-state index in [-0.39, 0.29) is 12.5 Å². The van der Waals surface area contributed by atoms with Gasteiger partial charge in [0.2, 0.25) is 5.91 Å². The van der Waals surface area contributed by atoms with Crippen LogP contribution in [0.4, 0.5) is 4.79 Å². The summed E-state index contributed by atoms with van der Waals surface area (Å²) in [6.07, 6.45) is 1.01. The topological polar surface area (TPSA) is 87.3 Å². The summed E-state index contributed by atoms with van der Waals surface area (Å²) in [5.74, 6) is -0.545. The summed E-state index contributed by atoms with van der Waals surface area (Å²) in [5.41, 5.74) is 2.29. The molecule has 6 nitrogen and oxygen atoms in total. The van der Waals surface area contributed by atoms with Crippen molar-refractivity contribution in [3.8, 4) is 0 Å². The van der Waals surface area contributed by atoms with Crippen LogP contribution in [0.5, 0.6) is 0 Å². The highest BCUT2D eigenvalue weighted by Crippen LogP contribution is 2.09. The lowest BCUT2D eigenvalue weighted by molar-refractivity contribution is -0.122. The van der Waals surface area contributed by atoms with Crippen LogP contribution in [0, 0.1) is 6.92 Å². The van der Waals surface area contributed by atoms with Gasteiger partial charge >= 0.3 is 6.03 Å². The Kier molecular flexibility index (Phi) is 4.34. The Bertz CT molecular complexity index is 542. The second-order valence-electron chi connectivity index (χ2n) is 4.75. The fourth-order valence-corrected chi connectivity index (χ4v) is 2.05. The van der Waals surface area contributed by atoms with E-state index in [2.05, 4.69) is 16.0 Å². The third kappa shape index (κ3) is 3.57. The fraction of sp³-hybridized carbons (Fsp3) is 0.357. The number of aryl methyl sites for hydroxylation is 2. The van der Waals surface area contributed by atoms with E-state index in [0.717, 1.165) is 11.1 Å². The van der Waals surface area contributed by atoms with Gasteiger partial charge in [-0.3, -0.25) is 14.9 Å². The third-order valence-corrected chi connectivity index (χ3v) is 3.24. The first-order valence-corrected chi connectivity index (χ1v) is 6.49. The maximum Gasteiger partial charge on any atom is 0.322 e. The molecule has 106 valence electrons. The van der Waals surface area contributed by atoms with Crippen LogP contribution in [0.15, 0.2) is 24.3 Å². The summed E-state index contributed by atoms with van der Waals surface area (Å²) in [5, 5.41) is 7.19. The molecule has 0 aromatic heterocycles. The molecule has 0 radical (unpaired) electrons.